The topological polar surface area (TPSA) is 49.4 Å². The van der Waals surface area contributed by atoms with Crippen LogP contribution >= 0.6 is 0 Å². The molecule has 0 spiro atoms. The van der Waals surface area contributed by atoms with Crippen molar-refractivity contribution in [3.63, 3.8) is 0 Å². The van der Waals surface area contributed by atoms with E-state index < -0.39 is 0 Å². The molecule has 1 aliphatic heterocycles. The Bertz CT molecular complexity index is 526. The molecule has 2 amide bonds. The van der Waals surface area contributed by atoms with Gasteiger partial charge in [-0.1, -0.05) is 26.0 Å². The van der Waals surface area contributed by atoms with E-state index in [9.17, 15) is 9.59 Å². The van der Waals surface area contributed by atoms with Crippen molar-refractivity contribution in [1.29, 1.82) is 0 Å². The second kappa shape index (κ2) is 7.97. The second-order valence-electron chi connectivity index (χ2n) is 6.45. The molecular weight excluding hydrogens is 276 g/mol. The average molecular weight is 302 g/mol. The van der Waals surface area contributed by atoms with Crippen LogP contribution < -0.4 is 5.32 Å². The minimum absolute atomic E-state index is 0.0555. The van der Waals surface area contributed by atoms with Crippen LogP contribution in [0.4, 0.5) is 5.69 Å². The fraction of sp³-hybridized carbons (Fsp3) is 0.556. The highest BCUT2D eigenvalue weighted by atomic mass is 16.2. The van der Waals surface area contributed by atoms with E-state index in [1.807, 2.05) is 29.2 Å². The summed E-state index contributed by atoms with van der Waals surface area (Å²) in [6.07, 6.45) is 4.19. The number of amides is 2. The first kappa shape index (κ1) is 16.5. The lowest BCUT2D eigenvalue weighted by Gasteiger charge is -2.26. The van der Waals surface area contributed by atoms with Crippen molar-refractivity contribution in [3.05, 3.63) is 29.8 Å². The molecular formula is C18H26N2O2. The van der Waals surface area contributed by atoms with Gasteiger partial charge in [0.1, 0.15) is 0 Å². The van der Waals surface area contributed by atoms with Crippen LogP contribution in [0.15, 0.2) is 24.3 Å². The Labute approximate surface area is 132 Å². The Kier molecular flexibility index (Phi) is 5.99. The maximum atomic E-state index is 11.9. The summed E-state index contributed by atoms with van der Waals surface area (Å²) in [6, 6.07) is 7.80. The van der Waals surface area contributed by atoms with Gasteiger partial charge in [-0.2, -0.15) is 0 Å². The number of carbonyl (C=O) groups excluding carboxylic acids is 2. The smallest absolute Gasteiger partial charge is 0.224 e. The van der Waals surface area contributed by atoms with E-state index in [-0.39, 0.29) is 11.8 Å². The standard InChI is InChI=1S/C18H26N2O2/c1-14(2)9-10-17(21)19-16-7-5-6-15(12-16)13-20-11-4-3-8-18(20)22/h5-7,12,14H,3-4,8-11,13H2,1-2H3,(H,19,21). The van der Waals surface area contributed by atoms with Crippen LogP contribution in [0, 0.1) is 5.92 Å². The number of carbonyl (C=O) groups is 2. The average Bonchev–Trinajstić information content (AvgIpc) is 2.48. The molecule has 0 atom stereocenters. The molecule has 1 fully saturated rings. The van der Waals surface area contributed by atoms with Crippen LogP contribution in [0.2, 0.25) is 0 Å². The summed E-state index contributed by atoms with van der Waals surface area (Å²) in [7, 11) is 0. The Morgan fingerprint density at radius 2 is 2.14 bits per heavy atom. The van der Waals surface area contributed by atoms with Crippen molar-refractivity contribution >= 4 is 17.5 Å². The van der Waals surface area contributed by atoms with E-state index in [4.69, 9.17) is 0 Å². The minimum atomic E-state index is 0.0555. The Balaban J connectivity index is 1.91. The number of nitrogens with zero attached hydrogens (tertiary/aromatic N) is 1. The number of hydrogen-bond acceptors (Lipinski definition) is 2. The molecule has 120 valence electrons. The summed E-state index contributed by atoms with van der Waals surface area (Å²) in [6.45, 7) is 5.70. The molecule has 0 saturated carbocycles. The third-order valence-corrected chi connectivity index (χ3v) is 3.95. The summed E-state index contributed by atoms with van der Waals surface area (Å²) in [5.74, 6) is 0.819. The monoisotopic (exact) mass is 302 g/mol. The van der Waals surface area contributed by atoms with Gasteiger partial charge in [-0.3, -0.25) is 9.59 Å². The first-order chi connectivity index (χ1) is 10.5. The van der Waals surface area contributed by atoms with Crippen molar-refractivity contribution in [2.45, 2.75) is 52.5 Å². The Morgan fingerprint density at radius 3 is 2.86 bits per heavy atom. The lowest BCUT2D eigenvalue weighted by Crippen LogP contribution is -2.34. The highest BCUT2D eigenvalue weighted by molar-refractivity contribution is 5.90. The van der Waals surface area contributed by atoms with Gasteiger partial charge in [0.2, 0.25) is 11.8 Å². The van der Waals surface area contributed by atoms with Gasteiger partial charge in [-0.05, 0) is 42.9 Å². The molecule has 0 aliphatic carbocycles. The molecule has 2 rings (SSSR count). The van der Waals surface area contributed by atoms with Crippen LogP contribution in [0.3, 0.4) is 0 Å². The summed E-state index contributed by atoms with van der Waals surface area (Å²) < 4.78 is 0. The minimum Gasteiger partial charge on any atom is -0.338 e. The summed E-state index contributed by atoms with van der Waals surface area (Å²) in [5.41, 5.74) is 1.88. The molecule has 4 nitrogen and oxygen atoms in total. The normalized spacial score (nSPS) is 15.2. The van der Waals surface area contributed by atoms with E-state index in [2.05, 4.69) is 19.2 Å². The molecule has 1 saturated heterocycles. The molecule has 1 N–H and O–H groups in total. The third-order valence-electron chi connectivity index (χ3n) is 3.95. The van der Waals surface area contributed by atoms with Gasteiger partial charge in [0.05, 0.1) is 0 Å². The zero-order valence-electron chi connectivity index (χ0n) is 13.6. The molecule has 0 aromatic heterocycles. The van der Waals surface area contributed by atoms with Crippen molar-refractivity contribution in [1.82, 2.24) is 4.90 Å². The number of anilines is 1. The number of benzene rings is 1. The SMILES string of the molecule is CC(C)CCC(=O)Nc1cccc(CN2CCCCC2=O)c1. The van der Waals surface area contributed by atoms with Crippen LogP contribution in [0.25, 0.3) is 0 Å². The van der Waals surface area contributed by atoms with Crippen LogP contribution in [-0.2, 0) is 16.1 Å². The molecule has 4 heteroatoms. The van der Waals surface area contributed by atoms with E-state index in [1.165, 1.54) is 0 Å². The van der Waals surface area contributed by atoms with Gasteiger partial charge in [-0.15, -0.1) is 0 Å². The van der Waals surface area contributed by atoms with Gasteiger partial charge in [-0.25, -0.2) is 0 Å². The number of hydrogen-bond donors (Lipinski definition) is 1. The van der Waals surface area contributed by atoms with Crippen molar-refractivity contribution < 1.29 is 9.59 Å². The molecule has 22 heavy (non-hydrogen) atoms. The van der Waals surface area contributed by atoms with Crippen molar-refractivity contribution in [2.24, 2.45) is 5.92 Å². The van der Waals surface area contributed by atoms with Gasteiger partial charge < -0.3 is 10.2 Å². The lowest BCUT2D eigenvalue weighted by molar-refractivity contribution is -0.133. The maximum Gasteiger partial charge on any atom is 0.224 e. The summed E-state index contributed by atoms with van der Waals surface area (Å²) in [4.78, 5) is 25.7. The van der Waals surface area contributed by atoms with E-state index in [0.717, 1.165) is 37.1 Å². The molecule has 0 bridgehead atoms. The zero-order chi connectivity index (χ0) is 15.9. The third kappa shape index (κ3) is 5.17. The highest BCUT2D eigenvalue weighted by Gasteiger charge is 2.18. The first-order valence-corrected chi connectivity index (χ1v) is 8.21. The molecule has 1 aromatic carbocycles. The van der Waals surface area contributed by atoms with Crippen molar-refractivity contribution in [2.75, 3.05) is 11.9 Å². The van der Waals surface area contributed by atoms with Crippen LogP contribution in [0.5, 0.6) is 0 Å². The Hall–Kier alpha value is -1.84. The van der Waals surface area contributed by atoms with E-state index in [1.54, 1.807) is 0 Å². The fourth-order valence-electron chi connectivity index (χ4n) is 2.64. The lowest BCUT2D eigenvalue weighted by atomic mass is 10.1. The number of rotatable bonds is 6. The summed E-state index contributed by atoms with van der Waals surface area (Å²) >= 11 is 0. The van der Waals surface area contributed by atoms with Gasteiger partial charge in [0, 0.05) is 31.6 Å². The zero-order valence-corrected chi connectivity index (χ0v) is 13.6. The predicted octanol–water partition coefficient (Wildman–Crippen LogP) is 3.57. The molecule has 0 unspecified atom stereocenters. The van der Waals surface area contributed by atoms with Crippen molar-refractivity contribution in [3.8, 4) is 0 Å². The highest BCUT2D eigenvalue weighted by Crippen LogP contribution is 2.17. The molecule has 1 aromatic rings. The molecule has 1 aliphatic rings. The number of nitrogens with one attached hydrogen (secondary N) is 1. The fourth-order valence-corrected chi connectivity index (χ4v) is 2.64. The molecule has 1 heterocycles. The largest absolute Gasteiger partial charge is 0.338 e. The maximum absolute atomic E-state index is 11.9. The van der Waals surface area contributed by atoms with Gasteiger partial charge >= 0.3 is 0 Å². The van der Waals surface area contributed by atoms with Gasteiger partial charge in [0.25, 0.3) is 0 Å². The quantitative estimate of drug-likeness (QED) is 0.873. The Morgan fingerprint density at radius 1 is 1.32 bits per heavy atom. The van der Waals surface area contributed by atoms with E-state index in [0.29, 0.717) is 25.3 Å². The van der Waals surface area contributed by atoms with Crippen LogP contribution in [0.1, 0.15) is 51.5 Å². The predicted molar refractivity (Wildman–Crippen MR) is 88.4 cm³/mol. The number of likely N-dealkylation sites (tertiary alicyclic amines) is 1. The summed E-state index contributed by atoms with van der Waals surface area (Å²) in [5, 5.41) is 2.94. The number of piperidine rings is 1. The van der Waals surface area contributed by atoms with Crippen LogP contribution in [-0.4, -0.2) is 23.3 Å². The first-order valence-electron chi connectivity index (χ1n) is 8.21. The molecule has 0 radical (unpaired) electrons. The van der Waals surface area contributed by atoms with Gasteiger partial charge in [0.15, 0.2) is 0 Å². The second-order valence-corrected chi connectivity index (χ2v) is 6.45. The van der Waals surface area contributed by atoms with E-state index >= 15 is 0 Å².